The Hall–Kier alpha value is -1.90. The Labute approximate surface area is 193 Å². The first-order valence-electron chi connectivity index (χ1n) is 11.0. The summed E-state index contributed by atoms with van der Waals surface area (Å²) in [6.07, 6.45) is 1.71. The zero-order valence-corrected chi connectivity index (χ0v) is 20.3. The molecule has 0 radical (unpaired) electrons. The summed E-state index contributed by atoms with van der Waals surface area (Å²) in [6, 6.07) is 8.58. The molecule has 5 nitrogen and oxygen atoms in total. The number of amides is 1. The van der Waals surface area contributed by atoms with Crippen molar-refractivity contribution in [2.45, 2.75) is 55.9 Å². The Kier molecular flexibility index (Phi) is 6.66. The third-order valence-electron chi connectivity index (χ3n) is 6.37. The Bertz CT molecular complexity index is 1120. The molecule has 2 aromatic rings. The monoisotopic (exact) mass is 476 g/mol. The molecule has 8 heteroatoms. The summed E-state index contributed by atoms with van der Waals surface area (Å²) in [6.45, 7) is 6.25. The Morgan fingerprint density at radius 1 is 1.09 bits per heavy atom. The van der Waals surface area contributed by atoms with Gasteiger partial charge in [0.2, 0.25) is 15.9 Å². The fourth-order valence-corrected chi connectivity index (χ4v) is 7.91. The van der Waals surface area contributed by atoms with Gasteiger partial charge in [0.25, 0.3) is 0 Å². The number of hydrogen-bond acceptors (Lipinski definition) is 4. The van der Waals surface area contributed by atoms with E-state index >= 15 is 0 Å². The molecule has 4 rings (SSSR count). The minimum Gasteiger partial charge on any atom is -0.349 e. The van der Waals surface area contributed by atoms with E-state index < -0.39 is 10.0 Å². The average molecular weight is 477 g/mol. The van der Waals surface area contributed by atoms with Crippen molar-refractivity contribution in [3.05, 3.63) is 58.4 Å². The number of nitrogens with one attached hydrogen (secondary N) is 1. The Balaban J connectivity index is 1.43. The lowest BCUT2D eigenvalue weighted by Gasteiger charge is -2.33. The van der Waals surface area contributed by atoms with Crippen molar-refractivity contribution in [1.82, 2.24) is 9.62 Å². The number of carbonyl (C=O) groups excluding carboxylic acids is 1. The van der Waals surface area contributed by atoms with Crippen LogP contribution in [-0.4, -0.2) is 37.5 Å². The standard InChI is InChI=1S/C24H29FN2O3S2/c1-15-13-16(2)23(17(3)14-15)32(29,30)27-10-7-18(8-11-27)24(28)26-21-9-12-31-22-19(21)5-4-6-20(22)25/h4-6,13-14,18,21H,7-12H2,1-3H3,(H,26,28). The quantitative estimate of drug-likeness (QED) is 0.705. The molecular weight excluding hydrogens is 447 g/mol. The molecular formula is C24H29FN2O3S2. The van der Waals surface area contributed by atoms with Crippen molar-refractivity contribution >= 4 is 27.7 Å². The van der Waals surface area contributed by atoms with Gasteiger partial charge in [-0.3, -0.25) is 4.79 Å². The first kappa shape index (κ1) is 23.3. The van der Waals surface area contributed by atoms with Gasteiger partial charge in [0, 0.05) is 29.7 Å². The smallest absolute Gasteiger partial charge is 0.243 e. The van der Waals surface area contributed by atoms with Gasteiger partial charge in [0.05, 0.1) is 10.9 Å². The van der Waals surface area contributed by atoms with E-state index in [0.29, 0.717) is 35.7 Å². The molecule has 1 atom stereocenters. The van der Waals surface area contributed by atoms with Crippen molar-refractivity contribution in [3.63, 3.8) is 0 Å². The number of fused-ring (bicyclic) bond motifs is 1. The van der Waals surface area contributed by atoms with Crippen LogP contribution in [0.15, 0.2) is 40.1 Å². The summed E-state index contributed by atoms with van der Waals surface area (Å²) in [7, 11) is -3.60. The lowest BCUT2D eigenvalue weighted by atomic mass is 9.95. The van der Waals surface area contributed by atoms with E-state index in [0.717, 1.165) is 34.4 Å². The molecule has 0 spiro atoms. The van der Waals surface area contributed by atoms with Gasteiger partial charge in [-0.2, -0.15) is 4.31 Å². The zero-order valence-electron chi connectivity index (χ0n) is 18.7. The van der Waals surface area contributed by atoms with Gasteiger partial charge >= 0.3 is 0 Å². The molecule has 2 aromatic carbocycles. The van der Waals surface area contributed by atoms with Gasteiger partial charge in [0.1, 0.15) is 5.82 Å². The number of thioether (sulfide) groups is 1. The normalized spacial score (nSPS) is 20.1. The molecule has 0 saturated carbocycles. The van der Waals surface area contributed by atoms with E-state index in [1.807, 2.05) is 39.0 Å². The first-order valence-corrected chi connectivity index (χ1v) is 13.4. The maximum absolute atomic E-state index is 14.1. The molecule has 0 aromatic heterocycles. The molecule has 0 bridgehead atoms. The predicted octanol–water partition coefficient (Wildman–Crippen LogP) is 4.50. The van der Waals surface area contributed by atoms with Gasteiger partial charge in [-0.25, -0.2) is 12.8 Å². The SMILES string of the molecule is Cc1cc(C)c(S(=O)(=O)N2CCC(C(=O)NC3CCSc4c(F)cccc43)CC2)c(C)c1. The second-order valence-corrected chi connectivity index (χ2v) is 11.7. The molecule has 2 aliphatic rings. The second kappa shape index (κ2) is 9.15. The third kappa shape index (κ3) is 4.45. The number of aryl methyl sites for hydroxylation is 3. The van der Waals surface area contributed by atoms with E-state index in [1.165, 1.54) is 22.1 Å². The molecule has 2 heterocycles. The largest absolute Gasteiger partial charge is 0.349 e. The highest BCUT2D eigenvalue weighted by molar-refractivity contribution is 7.99. The summed E-state index contributed by atoms with van der Waals surface area (Å²) in [5, 5.41) is 3.09. The summed E-state index contributed by atoms with van der Waals surface area (Å²) in [5.74, 6) is 0.196. The van der Waals surface area contributed by atoms with Gasteiger partial charge in [0.15, 0.2) is 0 Å². The number of carbonyl (C=O) groups is 1. The predicted molar refractivity (Wildman–Crippen MR) is 125 cm³/mol. The van der Waals surface area contributed by atoms with E-state index in [9.17, 15) is 17.6 Å². The fraction of sp³-hybridized carbons (Fsp3) is 0.458. The molecule has 172 valence electrons. The molecule has 1 unspecified atom stereocenters. The van der Waals surface area contributed by atoms with Crippen molar-refractivity contribution in [2.75, 3.05) is 18.8 Å². The van der Waals surface area contributed by atoms with Crippen molar-refractivity contribution in [3.8, 4) is 0 Å². The fourth-order valence-electron chi connectivity index (χ4n) is 4.89. The molecule has 0 aliphatic carbocycles. The van der Waals surface area contributed by atoms with Crippen LogP contribution < -0.4 is 5.32 Å². The summed E-state index contributed by atoms with van der Waals surface area (Å²) in [5.41, 5.74) is 3.38. The number of piperidine rings is 1. The number of nitrogens with zero attached hydrogens (tertiary/aromatic N) is 1. The highest BCUT2D eigenvalue weighted by Crippen LogP contribution is 2.38. The summed E-state index contributed by atoms with van der Waals surface area (Å²) >= 11 is 1.49. The van der Waals surface area contributed by atoms with E-state index in [-0.39, 0.29) is 23.7 Å². The number of sulfonamides is 1. The highest BCUT2D eigenvalue weighted by Gasteiger charge is 2.35. The molecule has 2 aliphatic heterocycles. The van der Waals surface area contributed by atoms with Crippen LogP contribution in [0.25, 0.3) is 0 Å². The lowest BCUT2D eigenvalue weighted by Crippen LogP contribution is -2.44. The van der Waals surface area contributed by atoms with Crippen molar-refractivity contribution in [2.24, 2.45) is 5.92 Å². The molecule has 1 N–H and O–H groups in total. The molecule has 1 fully saturated rings. The van der Waals surface area contributed by atoms with Gasteiger partial charge in [-0.1, -0.05) is 29.8 Å². The van der Waals surface area contributed by atoms with Crippen LogP contribution in [0.2, 0.25) is 0 Å². The van der Waals surface area contributed by atoms with Crippen molar-refractivity contribution in [1.29, 1.82) is 0 Å². The maximum Gasteiger partial charge on any atom is 0.243 e. The summed E-state index contributed by atoms with van der Waals surface area (Å²) in [4.78, 5) is 14.0. The van der Waals surface area contributed by atoms with E-state index in [2.05, 4.69) is 5.32 Å². The van der Waals surface area contributed by atoms with Crippen LogP contribution in [0.5, 0.6) is 0 Å². The van der Waals surface area contributed by atoms with Crippen LogP contribution in [0, 0.1) is 32.5 Å². The Morgan fingerprint density at radius 2 is 1.75 bits per heavy atom. The second-order valence-electron chi connectivity index (χ2n) is 8.76. The van der Waals surface area contributed by atoms with Crippen molar-refractivity contribution < 1.29 is 17.6 Å². The molecule has 1 saturated heterocycles. The van der Waals surface area contributed by atoms with E-state index in [4.69, 9.17) is 0 Å². The average Bonchev–Trinajstić information content (AvgIpc) is 2.73. The van der Waals surface area contributed by atoms with Crippen LogP contribution in [0.4, 0.5) is 4.39 Å². The van der Waals surface area contributed by atoms with Crippen LogP contribution in [0.1, 0.15) is 47.6 Å². The topological polar surface area (TPSA) is 66.5 Å². The van der Waals surface area contributed by atoms with Gasteiger partial charge < -0.3 is 5.32 Å². The summed E-state index contributed by atoms with van der Waals surface area (Å²) < 4.78 is 42.2. The van der Waals surface area contributed by atoms with Gasteiger partial charge in [-0.05, 0) is 62.8 Å². The molecule has 32 heavy (non-hydrogen) atoms. The maximum atomic E-state index is 14.1. The number of halogens is 1. The minimum absolute atomic E-state index is 0.0724. The van der Waals surface area contributed by atoms with E-state index in [1.54, 1.807) is 6.07 Å². The zero-order chi connectivity index (χ0) is 23.0. The van der Waals surface area contributed by atoms with Crippen LogP contribution in [-0.2, 0) is 14.8 Å². The molecule has 1 amide bonds. The highest BCUT2D eigenvalue weighted by atomic mass is 32.2. The third-order valence-corrected chi connectivity index (χ3v) is 9.73. The van der Waals surface area contributed by atoms with Crippen LogP contribution >= 0.6 is 11.8 Å². The Morgan fingerprint density at radius 3 is 2.41 bits per heavy atom. The number of rotatable bonds is 4. The minimum atomic E-state index is -3.60. The lowest BCUT2D eigenvalue weighted by molar-refractivity contribution is -0.127. The number of benzene rings is 2. The first-order chi connectivity index (χ1) is 15.2. The number of hydrogen-bond donors (Lipinski definition) is 1. The van der Waals surface area contributed by atoms with Crippen LogP contribution in [0.3, 0.4) is 0 Å². The van der Waals surface area contributed by atoms with Gasteiger partial charge in [-0.15, -0.1) is 11.8 Å².